The van der Waals surface area contributed by atoms with E-state index >= 15 is 0 Å². The summed E-state index contributed by atoms with van der Waals surface area (Å²) in [7, 11) is 3.09. The molecule has 6 nitrogen and oxygen atoms in total. The zero-order valence-electron chi connectivity index (χ0n) is 15.4. The first-order valence-electron chi connectivity index (χ1n) is 9.01. The van der Waals surface area contributed by atoms with Crippen molar-refractivity contribution in [2.24, 2.45) is 0 Å². The van der Waals surface area contributed by atoms with Crippen LogP contribution in [0.2, 0.25) is 0 Å². The summed E-state index contributed by atoms with van der Waals surface area (Å²) >= 11 is 0. The van der Waals surface area contributed by atoms with E-state index in [1.165, 1.54) is 26.4 Å². The number of furan rings is 1. The molecular weight excluding hydrogens is 332 g/mol. The number of carbonyl (C=O) groups is 1. The molecule has 1 fully saturated rings. The van der Waals surface area contributed by atoms with Crippen LogP contribution < -0.4 is 14.8 Å². The number of hydrogen-bond acceptors (Lipinski definition) is 5. The van der Waals surface area contributed by atoms with E-state index in [2.05, 4.69) is 10.2 Å². The molecule has 6 heteroatoms. The van der Waals surface area contributed by atoms with Gasteiger partial charge < -0.3 is 19.2 Å². The standard InChI is InChI=1S/C20H26N2O4/c1-24-18-9-6-8-15(19(18)25-2)20(23)21-14-16(17-10-7-13-26-17)22-11-4-3-5-12-22/h6-10,13,16H,3-5,11-12,14H2,1-2H3,(H,21,23). The lowest BCUT2D eigenvalue weighted by Gasteiger charge is -2.33. The van der Waals surface area contributed by atoms with E-state index in [1.807, 2.05) is 12.1 Å². The first-order valence-corrected chi connectivity index (χ1v) is 9.01. The van der Waals surface area contributed by atoms with E-state index in [0.29, 0.717) is 23.6 Å². The van der Waals surface area contributed by atoms with Crippen molar-refractivity contribution in [2.75, 3.05) is 33.9 Å². The van der Waals surface area contributed by atoms with Crippen LogP contribution in [0.4, 0.5) is 0 Å². The van der Waals surface area contributed by atoms with E-state index in [9.17, 15) is 4.79 Å². The van der Waals surface area contributed by atoms with Crippen LogP contribution in [0.1, 0.15) is 41.4 Å². The van der Waals surface area contributed by atoms with Gasteiger partial charge in [-0.3, -0.25) is 9.69 Å². The smallest absolute Gasteiger partial charge is 0.255 e. The van der Waals surface area contributed by atoms with Gasteiger partial charge in [-0.1, -0.05) is 12.5 Å². The molecule has 1 aromatic carbocycles. The number of para-hydroxylation sites is 1. The van der Waals surface area contributed by atoms with Crippen LogP contribution >= 0.6 is 0 Å². The molecule has 0 spiro atoms. The summed E-state index contributed by atoms with van der Waals surface area (Å²) in [5.74, 6) is 1.68. The summed E-state index contributed by atoms with van der Waals surface area (Å²) in [5.41, 5.74) is 0.462. The van der Waals surface area contributed by atoms with E-state index in [4.69, 9.17) is 13.9 Å². The lowest BCUT2D eigenvalue weighted by Crippen LogP contribution is -2.40. The maximum absolute atomic E-state index is 12.8. The van der Waals surface area contributed by atoms with Gasteiger partial charge in [0.15, 0.2) is 11.5 Å². The zero-order chi connectivity index (χ0) is 18.4. The highest BCUT2D eigenvalue weighted by molar-refractivity contribution is 5.97. The van der Waals surface area contributed by atoms with Crippen LogP contribution in [0, 0.1) is 0 Å². The van der Waals surface area contributed by atoms with Gasteiger partial charge in [-0.15, -0.1) is 0 Å². The van der Waals surface area contributed by atoms with Crippen molar-refractivity contribution in [2.45, 2.75) is 25.3 Å². The average Bonchev–Trinajstić information content (AvgIpc) is 3.22. The van der Waals surface area contributed by atoms with Crippen molar-refractivity contribution >= 4 is 5.91 Å². The van der Waals surface area contributed by atoms with Crippen LogP contribution in [0.25, 0.3) is 0 Å². The van der Waals surface area contributed by atoms with Gasteiger partial charge in [0.2, 0.25) is 0 Å². The second-order valence-corrected chi connectivity index (χ2v) is 6.38. The number of methoxy groups -OCH3 is 2. The Hall–Kier alpha value is -2.47. The Morgan fingerprint density at radius 3 is 2.62 bits per heavy atom. The van der Waals surface area contributed by atoms with Crippen molar-refractivity contribution in [1.82, 2.24) is 10.2 Å². The fourth-order valence-corrected chi connectivity index (χ4v) is 3.47. The topological polar surface area (TPSA) is 63.9 Å². The van der Waals surface area contributed by atoms with Gasteiger partial charge in [-0.05, 0) is 50.2 Å². The van der Waals surface area contributed by atoms with Gasteiger partial charge in [0.1, 0.15) is 5.76 Å². The molecule has 3 rings (SSSR count). The summed E-state index contributed by atoms with van der Waals surface area (Å²) in [4.78, 5) is 15.1. The number of nitrogens with one attached hydrogen (secondary N) is 1. The lowest BCUT2D eigenvalue weighted by atomic mass is 10.1. The molecule has 1 saturated heterocycles. The summed E-state index contributed by atoms with van der Waals surface area (Å²) in [6.45, 7) is 2.51. The largest absolute Gasteiger partial charge is 0.493 e. The van der Waals surface area contributed by atoms with Gasteiger partial charge in [0.05, 0.1) is 32.1 Å². The third kappa shape index (κ3) is 4.02. The Balaban J connectivity index is 1.74. The number of ether oxygens (including phenoxy) is 2. The molecule has 1 N–H and O–H groups in total. The Morgan fingerprint density at radius 2 is 1.96 bits per heavy atom. The third-order valence-electron chi connectivity index (χ3n) is 4.81. The number of piperidine rings is 1. The minimum Gasteiger partial charge on any atom is -0.493 e. The Morgan fingerprint density at radius 1 is 1.15 bits per heavy atom. The van der Waals surface area contributed by atoms with Crippen LogP contribution in [0.3, 0.4) is 0 Å². The first kappa shape index (κ1) is 18.3. The molecular formula is C20H26N2O4. The third-order valence-corrected chi connectivity index (χ3v) is 4.81. The molecule has 0 radical (unpaired) electrons. The van der Waals surface area contributed by atoms with Gasteiger partial charge in [-0.25, -0.2) is 0 Å². The molecule has 140 valence electrons. The van der Waals surface area contributed by atoms with Gasteiger partial charge in [0.25, 0.3) is 5.91 Å². The zero-order valence-corrected chi connectivity index (χ0v) is 15.4. The minimum absolute atomic E-state index is 0.0332. The van der Waals surface area contributed by atoms with Crippen molar-refractivity contribution in [3.63, 3.8) is 0 Å². The summed E-state index contributed by atoms with van der Waals surface area (Å²) in [5, 5.41) is 3.03. The minimum atomic E-state index is -0.186. The second-order valence-electron chi connectivity index (χ2n) is 6.38. The number of nitrogens with zero attached hydrogens (tertiary/aromatic N) is 1. The van der Waals surface area contributed by atoms with Gasteiger partial charge in [-0.2, -0.15) is 0 Å². The van der Waals surface area contributed by atoms with E-state index in [1.54, 1.807) is 31.6 Å². The SMILES string of the molecule is COc1cccc(C(=O)NCC(c2ccco2)N2CCCCC2)c1OC. The Labute approximate surface area is 154 Å². The number of carbonyl (C=O) groups excluding carboxylic acids is 1. The molecule has 2 aromatic rings. The Kier molecular flexibility index (Phi) is 6.17. The average molecular weight is 358 g/mol. The molecule has 0 aliphatic carbocycles. The maximum atomic E-state index is 12.8. The summed E-state index contributed by atoms with van der Waals surface area (Å²) in [6.07, 6.45) is 5.29. The van der Waals surface area contributed by atoms with Crippen LogP contribution in [-0.4, -0.2) is 44.7 Å². The number of amides is 1. The molecule has 1 aliphatic rings. The van der Waals surface area contributed by atoms with Crippen molar-refractivity contribution in [1.29, 1.82) is 0 Å². The van der Waals surface area contributed by atoms with E-state index in [0.717, 1.165) is 18.8 Å². The van der Waals surface area contributed by atoms with Gasteiger partial charge in [0, 0.05) is 6.54 Å². The lowest BCUT2D eigenvalue weighted by molar-refractivity contribution is 0.0910. The highest BCUT2D eigenvalue weighted by atomic mass is 16.5. The highest BCUT2D eigenvalue weighted by Crippen LogP contribution is 2.31. The summed E-state index contributed by atoms with van der Waals surface area (Å²) in [6, 6.07) is 9.18. The predicted octanol–water partition coefficient (Wildman–Crippen LogP) is 3.25. The monoisotopic (exact) mass is 358 g/mol. The fourth-order valence-electron chi connectivity index (χ4n) is 3.47. The molecule has 1 unspecified atom stereocenters. The summed E-state index contributed by atoms with van der Waals surface area (Å²) < 4.78 is 16.3. The highest BCUT2D eigenvalue weighted by Gasteiger charge is 2.26. The molecule has 1 atom stereocenters. The molecule has 2 heterocycles. The number of rotatable bonds is 7. The predicted molar refractivity (Wildman–Crippen MR) is 98.8 cm³/mol. The normalized spacial score (nSPS) is 16.1. The first-order chi connectivity index (χ1) is 12.7. The van der Waals surface area contributed by atoms with Crippen molar-refractivity contribution in [3.8, 4) is 11.5 Å². The number of likely N-dealkylation sites (tertiary alicyclic amines) is 1. The van der Waals surface area contributed by atoms with E-state index in [-0.39, 0.29) is 11.9 Å². The van der Waals surface area contributed by atoms with E-state index < -0.39 is 0 Å². The van der Waals surface area contributed by atoms with Crippen LogP contribution in [-0.2, 0) is 0 Å². The van der Waals surface area contributed by atoms with Crippen molar-refractivity contribution in [3.05, 3.63) is 47.9 Å². The van der Waals surface area contributed by atoms with Crippen molar-refractivity contribution < 1.29 is 18.7 Å². The molecule has 0 bridgehead atoms. The maximum Gasteiger partial charge on any atom is 0.255 e. The van der Waals surface area contributed by atoms with Crippen LogP contribution in [0.15, 0.2) is 41.0 Å². The molecule has 1 aromatic heterocycles. The van der Waals surface area contributed by atoms with Gasteiger partial charge >= 0.3 is 0 Å². The molecule has 26 heavy (non-hydrogen) atoms. The second kappa shape index (κ2) is 8.76. The number of benzene rings is 1. The van der Waals surface area contributed by atoms with Crippen LogP contribution in [0.5, 0.6) is 11.5 Å². The fraction of sp³-hybridized carbons (Fsp3) is 0.450. The Bertz CT molecular complexity index is 709. The molecule has 1 amide bonds. The molecule has 1 aliphatic heterocycles. The number of hydrogen-bond donors (Lipinski definition) is 1. The molecule has 0 saturated carbocycles. The quantitative estimate of drug-likeness (QED) is 0.823.